The third-order valence-corrected chi connectivity index (χ3v) is 5.92. The number of nitrogens with one attached hydrogen (secondary N) is 1. The van der Waals surface area contributed by atoms with Gasteiger partial charge in [-0.2, -0.15) is 0 Å². The minimum absolute atomic E-state index is 0.295. The molecule has 0 aliphatic heterocycles. The summed E-state index contributed by atoms with van der Waals surface area (Å²) in [5.74, 6) is 1.30. The van der Waals surface area contributed by atoms with Gasteiger partial charge in [-0.25, -0.2) is 14.8 Å². The van der Waals surface area contributed by atoms with Gasteiger partial charge in [0.2, 0.25) is 0 Å². The van der Waals surface area contributed by atoms with Crippen LogP contribution in [0.25, 0.3) is 0 Å². The van der Waals surface area contributed by atoms with E-state index in [-0.39, 0.29) is 0 Å². The Balaban J connectivity index is 1.94. The third kappa shape index (κ3) is 5.59. The summed E-state index contributed by atoms with van der Waals surface area (Å²) in [5.41, 5.74) is 2.12. The fourth-order valence-corrected chi connectivity index (χ4v) is 4.06. The molecule has 0 spiro atoms. The Hall–Kier alpha value is -2.42. The van der Waals surface area contributed by atoms with Crippen molar-refractivity contribution < 1.29 is 14.3 Å². The zero-order chi connectivity index (χ0) is 21.5. The summed E-state index contributed by atoms with van der Waals surface area (Å²) in [6.07, 6.45) is 1.89. The van der Waals surface area contributed by atoms with Crippen LogP contribution in [-0.2, 0) is 10.5 Å². The zero-order valence-electron chi connectivity index (χ0n) is 16.6. The molecule has 2 aromatic carbocycles. The summed E-state index contributed by atoms with van der Waals surface area (Å²) in [6, 6.07) is 14.9. The van der Waals surface area contributed by atoms with Crippen LogP contribution in [0.1, 0.15) is 15.9 Å². The summed E-state index contributed by atoms with van der Waals surface area (Å²) in [7, 11) is 2.97. The van der Waals surface area contributed by atoms with Gasteiger partial charge in [0, 0.05) is 16.5 Å². The fourth-order valence-electron chi connectivity index (χ4n) is 2.54. The Morgan fingerprint density at radius 2 is 1.77 bits per heavy atom. The number of carbonyl (C=O) groups is 1. The molecule has 9 heteroatoms. The number of methoxy groups -OCH3 is 2. The maximum atomic E-state index is 12.6. The highest BCUT2D eigenvalue weighted by molar-refractivity contribution is 7.99. The van der Waals surface area contributed by atoms with Crippen molar-refractivity contribution in [2.45, 2.75) is 15.9 Å². The van der Waals surface area contributed by atoms with E-state index in [1.807, 2.05) is 42.7 Å². The van der Waals surface area contributed by atoms with Crippen molar-refractivity contribution in [2.75, 3.05) is 25.8 Å². The van der Waals surface area contributed by atoms with Crippen LogP contribution < -0.4 is 10.1 Å². The Kier molecular flexibility index (Phi) is 7.84. The summed E-state index contributed by atoms with van der Waals surface area (Å²) in [5, 5.41) is 4.91. The van der Waals surface area contributed by atoms with Crippen LogP contribution in [0.15, 0.2) is 58.7 Å². The maximum Gasteiger partial charge on any atom is 0.344 e. The van der Waals surface area contributed by atoms with Crippen molar-refractivity contribution in [3.05, 3.63) is 64.7 Å². The number of rotatable bonds is 8. The first-order valence-corrected chi connectivity index (χ1v) is 11.5. The molecule has 0 atom stereocenters. The van der Waals surface area contributed by atoms with E-state index in [2.05, 4.69) is 15.3 Å². The lowest BCUT2D eigenvalue weighted by Crippen LogP contribution is -2.12. The highest BCUT2D eigenvalue weighted by Crippen LogP contribution is 2.33. The molecule has 0 saturated carbocycles. The number of hydrogen-bond donors (Lipinski definition) is 1. The number of nitrogens with zero attached hydrogens (tertiary/aromatic N) is 2. The van der Waals surface area contributed by atoms with Gasteiger partial charge in [-0.1, -0.05) is 35.5 Å². The molecular weight excluding hydrogens is 442 g/mol. The van der Waals surface area contributed by atoms with E-state index in [4.69, 9.17) is 21.1 Å². The Morgan fingerprint density at radius 3 is 2.37 bits per heavy atom. The van der Waals surface area contributed by atoms with E-state index in [9.17, 15) is 4.79 Å². The van der Waals surface area contributed by atoms with E-state index in [0.717, 1.165) is 17.0 Å². The molecule has 0 fully saturated rings. The highest BCUT2D eigenvalue weighted by atomic mass is 35.5. The van der Waals surface area contributed by atoms with Gasteiger partial charge in [-0.05, 0) is 48.2 Å². The van der Waals surface area contributed by atoms with Crippen molar-refractivity contribution in [1.29, 1.82) is 0 Å². The first kappa shape index (κ1) is 22.3. The number of hydrogen-bond acceptors (Lipinski definition) is 8. The first-order valence-electron chi connectivity index (χ1n) is 8.86. The fraction of sp³-hybridized carbons (Fsp3) is 0.190. The second-order valence-electron chi connectivity index (χ2n) is 6.00. The molecule has 0 amide bonds. The molecule has 0 unspecified atom stereocenters. The lowest BCUT2D eigenvalue weighted by Gasteiger charge is -2.14. The van der Waals surface area contributed by atoms with Crippen LogP contribution in [-0.4, -0.2) is 36.4 Å². The van der Waals surface area contributed by atoms with Crippen LogP contribution in [0.5, 0.6) is 5.75 Å². The summed E-state index contributed by atoms with van der Waals surface area (Å²) in [4.78, 5) is 21.6. The van der Waals surface area contributed by atoms with Gasteiger partial charge in [0.25, 0.3) is 0 Å². The molecule has 30 heavy (non-hydrogen) atoms. The lowest BCUT2D eigenvalue weighted by atomic mass is 10.2. The molecule has 1 heterocycles. The summed E-state index contributed by atoms with van der Waals surface area (Å²) in [6.45, 7) is 0. The van der Waals surface area contributed by atoms with E-state index in [0.29, 0.717) is 32.3 Å². The number of esters is 1. The van der Waals surface area contributed by atoms with Crippen molar-refractivity contribution in [2.24, 2.45) is 0 Å². The third-order valence-electron chi connectivity index (χ3n) is 4.07. The minimum atomic E-state index is -0.503. The number of thioether (sulfide) groups is 2. The molecule has 3 aromatic rings. The SMILES string of the molecule is COC(=O)c1c(Nc2ccc(Cl)cc2)nc(SC)nc1SCc1ccc(OC)cc1. The van der Waals surface area contributed by atoms with Crippen LogP contribution >= 0.6 is 35.1 Å². The molecule has 156 valence electrons. The largest absolute Gasteiger partial charge is 0.497 e. The molecule has 0 bridgehead atoms. The molecule has 1 aromatic heterocycles. The van der Waals surface area contributed by atoms with Crippen molar-refractivity contribution in [1.82, 2.24) is 9.97 Å². The van der Waals surface area contributed by atoms with Crippen molar-refractivity contribution >= 4 is 52.6 Å². The number of aromatic nitrogens is 2. The Labute approximate surface area is 188 Å². The van der Waals surface area contributed by atoms with Crippen LogP contribution in [0.4, 0.5) is 11.5 Å². The minimum Gasteiger partial charge on any atom is -0.497 e. The molecule has 0 aliphatic rings. The average molecular weight is 462 g/mol. The number of ether oxygens (including phenoxy) is 2. The normalized spacial score (nSPS) is 10.5. The molecule has 0 aliphatic carbocycles. The quantitative estimate of drug-likeness (QED) is 0.199. The van der Waals surface area contributed by atoms with E-state index in [1.54, 1.807) is 19.2 Å². The highest BCUT2D eigenvalue weighted by Gasteiger charge is 2.22. The second-order valence-corrected chi connectivity index (χ2v) is 8.17. The standard InChI is InChI=1S/C21H20ClN3O3S2/c1-27-16-10-4-13(5-11-16)12-30-19-17(20(26)28-2)18(24-21(25-19)29-3)23-15-8-6-14(22)7-9-15/h4-11H,12H2,1-3H3,(H,23,24,25). The average Bonchev–Trinajstić information content (AvgIpc) is 2.78. The van der Waals surface area contributed by atoms with Crippen molar-refractivity contribution in [3.63, 3.8) is 0 Å². The number of carbonyl (C=O) groups excluding carboxylic acids is 1. The summed E-state index contributed by atoms with van der Waals surface area (Å²) < 4.78 is 10.2. The van der Waals surface area contributed by atoms with Crippen LogP contribution in [0.2, 0.25) is 5.02 Å². The van der Waals surface area contributed by atoms with Gasteiger partial charge in [0.1, 0.15) is 16.3 Å². The smallest absolute Gasteiger partial charge is 0.344 e. The maximum absolute atomic E-state index is 12.6. The van der Waals surface area contributed by atoms with Gasteiger partial charge >= 0.3 is 5.97 Å². The molecule has 3 rings (SSSR count). The predicted octanol–water partition coefficient (Wildman–Crippen LogP) is 5.68. The predicted molar refractivity (Wildman–Crippen MR) is 122 cm³/mol. The van der Waals surface area contributed by atoms with E-state index in [1.165, 1.54) is 30.6 Å². The van der Waals surface area contributed by atoms with E-state index < -0.39 is 5.97 Å². The van der Waals surface area contributed by atoms with Gasteiger partial charge in [-0.3, -0.25) is 0 Å². The molecule has 0 radical (unpaired) electrons. The molecule has 0 saturated heterocycles. The van der Waals surface area contributed by atoms with Crippen LogP contribution in [0.3, 0.4) is 0 Å². The van der Waals surface area contributed by atoms with Gasteiger partial charge < -0.3 is 14.8 Å². The van der Waals surface area contributed by atoms with Gasteiger partial charge in [0.15, 0.2) is 11.0 Å². The van der Waals surface area contributed by atoms with E-state index >= 15 is 0 Å². The van der Waals surface area contributed by atoms with Gasteiger partial charge in [-0.15, -0.1) is 11.8 Å². The molecule has 6 nitrogen and oxygen atoms in total. The zero-order valence-corrected chi connectivity index (χ0v) is 19.0. The topological polar surface area (TPSA) is 73.3 Å². The van der Waals surface area contributed by atoms with Crippen LogP contribution in [0, 0.1) is 0 Å². The lowest BCUT2D eigenvalue weighted by molar-refractivity contribution is 0.0596. The molecule has 1 N–H and O–H groups in total. The summed E-state index contributed by atoms with van der Waals surface area (Å²) >= 11 is 8.81. The number of halogens is 1. The van der Waals surface area contributed by atoms with Crippen molar-refractivity contribution in [3.8, 4) is 5.75 Å². The number of anilines is 2. The van der Waals surface area contributed by atoms with Gasteiger partial charge in [0.05, 0.1) is 14.2 Å². The number of benzene rings is 2. The second kappa shape index (κ2) is 10.6. The Morgan fingerprint density at radius 1 is 1.07 bits per heavy atom. The molecular formula is C21H20ClN3O3S2. The monoisotopic (exact) mass is 461 g/mol. The Bertz CT molecular complexity index is 1020. The first-order chi connectivity index (χ1) is 14.5.